The molecule has 0 bridgehead atoms. The second kappa shape index (κ2) is 6.19. The first-order chi connectivity index (χ1) is 6.79. The molecule has 1 aromatic rings. The number of carbonyl (C=O) groups is 1. The third-order valence-electron chi connectivity index (χ3n) is 2.17. The lowest BCUT2D eigenvalue weighted by atomic mass is 10.00. The number of rotatable bonds is 0. The topological polar surface area (TPSA) is 37.3 Å². The standard InChI is InChI=1S/C6H10O.C6H6O/c2*7-6-4-2-1-3-5-6/h1-5H2;1-5,7H/p+1. The van der Waals surface area contributed by atoms with E-state index in [4.69, 9.17) is 5.11 Å². The van der Waals surface area contributed by atoms with E-state index in [-0.39, 0.29) is 1.43 Å². The van der Waals surface area contributed by atoms with Gasteiger partial charge in [0, 0.05) is 12.8 Å². The third kappa shape index (κ3) is 4.65. The average molecular weight is 193 g/mol. The number of phenolic OH excluding ortho intramolecular Hbond substituents is 1. The molecule has 0 aromatic heterocycles. The summed E-state index contributed by atoms with van der Waals surface area (Å²) in [6, 6.07) is 8.71. The maximum atomic E-state index is 10.5. The molecule has 1 aliphatic rings. The number of carbonyl (C=O) groups excluding carboxylic acids is 1. The molecule has 0 aliphatic heterocycles. The van der Waals surface area contributed by atoms with E-state index in [2.05, 4.69) is 0 Å². The maximum absolute atomic E-state index is 10.5. The molecule has 0 unspecified atom stereocenters. The monoisotopic (exact) mass is 193 g/mol. The van der Waals surface area contributed by atoms with Gasteiger partial charge in [-0.05, 0) is 25.0 Å². The zero-order valence-electron chi connectivity index (χ0n) is 9.28. The van der Waals surface area contributed by atoms with Crippen LogP contribution < -0.4 is 0 Å². The molecule has 1 fully saturated rings. The average Bonchev–Trinajstić information content (AvgIpc) is 2.21. The van der Waals surface area contributed by atoms with Crippen molar-refractivity contribution in [2.75, 3.05) is 0 Å². The number of phenols is 1. The van der Waals surface area contributed by atoms with Gasteiger partial charge in [0.1, 0.15) is 11.5 Å². The van der Waals surface area contributed by atoms with Crippen LogP contribution in [0.5, 0.6) is 5.75 Å². The second-order valence-corrected chi connectivity index (χ2v) is 3.43. The smallest absolute Gasteiger partial charge is 0.508 e. The fraction of sp³-hybridized carbons (Fsp3) is 0.417. The molecule has 1 N–H and O–H groups in total. The van der Waals surface area contributed by atoms with Gasteiger partial charge < -0.3 is 5.11 Å². The van der Waals surface area contributed by atoms with E-state index in [1.54, 1.807) is 24.3 Å². The Labute approximate surface area is 86.1 Å². The van der Waals surface area contributed by atoms with Crippen LogP contribution in [0.3, 0.4) is 0 Å². The summed E-state index contributed by atoms with van der Waals surface area (Å²) in [6.07, 6.45) is 5.24. The number of hydrogen-bond acceptors (Lipinski definition) is 2. The Morgan fingerprint density at radius 1 is 1.00 bits per heavy atom. The van der Waals surface area contributed by atoms with E-state index in [0.29, 0.717) is 11.5 Å². The van der Waals surface area contributed by atoms with Crippen LogP contribution >= 0.6 is 0 Å². The number of para-hydroxylation sites is 1. The first kappa shape index (κ1) is 10.8. The molecule has 0 radical (unpaired) electrons. The van der Waals surface area contributed by atoms with Gasteiger partial charge in [-0.25, -0.2) is 0 Å². The molecule has 14 heavy (non-hydrogen) atoms. The minimum Gasteiger partial charge on any atom is -0.508 e. The highest BCUT2D eigenvalue weighted by Crippen LogP contribution is 2.12. The zero-order chi connectivity index (χ0) is 10.2. The zero-order valence-corrected chi connectivity index (χ0v) is 8.28. The summed E-state index contributed by atoms with van der Waals surface area (Å²) in [7, 11) is 0. The molecule has 0 spiro atoms. The van der Waals surface area contributed by atoms with Gasteiger partial charge in [-0.1, -0.05) is 24.6 Å². The van der Waals surface area contributed by atoms with Crippen molar-refractivity contribution < 1.29 is 11.3 Å². The summed E-state index contributed by atoms with van der Waals surface area (Å²) in [6.45, 7) is 0. The number of hydrogen-bond donors (Lipinski definition) is 1. The van der Waals surface area contributed by atoms with Gasteiger partial charge in [-0.3, -0.25) is 4.79 Å². The summed E-state index contributed by atoms with van der Waals surface area (Å²) >= 11 is 0. The molecule has 1 saturated carbocycles. The summed E-state index contributed by atoms with van der Waals surface area (Å²) in [5.74, 6) is 0.786. The van der Waals surface area contributed by atoms with Crippen molar-refractivity contribution >= 4 is 5.78 Å². The first-order valence-electron chi connectivity index (χ1n) is 5.05. The molecule has 1 aliphatic carbocycles. The van der Waals surface area contributed by atoms with Crippen molar-refractivity contribution in [3.63, 3.8) is 0 Å². The quantitative estimate of drug-likeness (QED) is 0.687. The van der Waals surface area contributed by atoms with Gasteiger partial charge in [0.2, 0.25) is 0 Å². The van der Waals surface area contributed by atoms with Crippen molar-refractivity contribution in [1.29, 1.82) is 0 Å². The summed E-state index contributed by atoms with van der Waals surface area (Å²) < 4.78 is 0. The highest BCUT2D eigenvalue weighted by molar-refractivity contribution is 5.78. The molecular formula is C12H17O2+. The van der Waals surface area contributed by atoms with Crippen molar-refractivity contribution in [2.24, 2.45) is 0 Å². The Morgan fingerprint density at radius 3 is 1.86 bits per heavy atom. The largest absolute Gasteiger partial charge is 1.00 e. The van der Waals surface area contributed by atoms with Crippen LogP contribution in [0.4, 0.5) is 0 Å². The van der Waals surface area contributed by atoms with Gasteiger partial charge in [-0.2, -0.15) is 0 Å². The van der Waals surface area contributed by atoms with E-state index in [1.165, 1.54) is 6.42 Å². The Hall–Kier alpha value is -1.31. The summed E-state index contributed by atoms with van der Waals surface area (Å²) in [5, 5.41) is 8.63. The Morgan fingerprint density at radius 2 is 1.57 bits per heavy atom. The van der Waals surface area contributed by atoms with E-state index in [0.717, 1.165) is 25.7 Å². The van der Waals surface area contributed by atoms with Crippen LogP contribution in [0, 0.1) is 0 Å². The molecule has 0 atom stereocenters. The third-order valence-corrected chi connectivity index (χ3v) is 2.17. The van der Waals surface area contributed by atoms with Gasteiger partial charge >= 0.3 is 1.43 Å². The minimum atomic E-state index is 0. The van der Waals surface area contributed by atoms with Crippen molar-refractivity contribution in [2.45, 2.75) is 32.1 Å². The fourth-order valence-electron chi connectivity index (χ4n) is 1.37. The lowest BCUT2D eigenvalue weighted by Crippen LogP contribution is -2.02. The van der Waals surface area contributed by atoms with Crippen LogP contribution in [-0.2, 0) is 4.79 Å². The lowest BCUT2D eigenvalue weighted by molar-refractivity contribution is -0.120. The van der Waals surface area contributed by atoms with Gasteiger partial charge in [0.05, 0.1) is 0 Å². The Balaban J connectivity index is 0.000000245. The fourth-order valence-corrected chi connectivity index (χ4v) is 1.37. The summed E-state index contributed by atoms with van der Waals surface area (Å²) in [5.41, 5.74) is 0. The number of aromatic hydroxyl groups is 1. The Kier molecular flexibility index (Phi) is 4.76. The van der Waals surface area contributed by atoms with Crippen LogP contribution in [-0.4, -0.2) is 10.9 Å². The van der Waals surface area contributed by atoms with Gasteiger partial charge in [0.25, 0.3) is 0 Å². The SMILES string of the molecule is O=C1CCCCC1.Oc1ccccc1.[H+]. The second-order valence-electron chi connectivity index (χ2n) is 3.43. The Bertz CT molecular complexity index is 264. The maximum Gasteiger partial charge on any atom is 1.00 e. The van der Waals surface area contributed by atoms with Gasteiger partial charge in [-0.15, -0.1) is 0 Å². The molecule has 76 valence electrons. The van der Waals surface area contributed by atoms with E-state index >= 15 is 0 Å². The van der Waals surface area contributed by atoms with Crippen LogP contribution in [0.15, 0.2) is 30.3 Å². The molecule has 2 nitrogen and oxygen atoms in total. The summed E-state index contributed by atoms with van der Waals surface area (Å²) in [4.78, 5) is 10.5. The van der Waals surface area contributed by atoms with Crippen molar-refractivity contribution in [3.05, 3.63) is 30.3 Å². The van der Waals surface area contributed by atoms with Crippen LogP contribution in [0.2, 0.25) is 0 Å². The molecule has 0 heterocycles. The van der Waals surface area contributed by atoms with Crippen LogP contribution in [0.1, 0.15) is 33.5 Å². The van der Waals surface area contributed by atoms with Crippen molar-refractivity contribution in [1.82, 2.24) is 0 Å². The van der Waals surface area contributed by atoms with E-state index in [1.807, 2.05) is 6.07 Å². The number of ketones is 1. The minimum absolute atomic E-state index is 0. The lowest BCUT2D eigenvalue weighted by Gasteiger charge is -2.05. The van der Waals surface area contributed by atoms with E-state index < -0.39 is 0 Å². The predicted octanol–water partition coefficient (Wildman–Crippen LogP) is 3.02. The molecular weight excluding hydrogens is 176 g/mol. The van der Waals surface area contributed by atoms with Crippen molar-refractivity contribution in [3.8, 4) is 5.75 Å². The highest BCUT2D eigenvalue weighted by Gasteiger charge is 2.05. The normalized spacial score (nSPS) is 15.6. The molecule has 0 amide bonds. The van der Waals surface area contributed by atoms with E-state index in [9.17, 15) is 4.79 Å². The first-order valence-corrected chi connectivity index (χ1v) is 5.05. The molecule has 0 saturated heterocycles. The highest BCUT2D eigenvalue weighted by atomic mass is 16.3. The van der Waals surface area contributed by atoms with Crippen LogP contribution in [0.25, 0.3) is 0 Å². The molecule has 2 rings (SSSR count). The molecule has 1 aromatic carbocycles. The number of benzene rings is 1. The number of Topliss-reactive ketones (excluding diaryl/α,β-unsaturated/α-hetero) is 1. The van der Waals surface area contributed by atoms with Gasteiger partial charge in [0.15, 0.2) is 0 Å². The predicted molar refractivity (Wildman–Crippen MR) is 57.3 cm³/mol. The molecule has 2 heteroatoms.